The van der Waals surface area contributed by atoms with Gasteiger partial charge >= 0.3 is 0 Å². The van der Waals surface area contributed by atoms with E-state index < -0.39 is 11.7 Å². The lowest BCUT2D eigenvalue weighted by atomic mass is 10.00. The molecule has 1 aliphatic heterocycles. The van der Waals surface area contributed by atoms with Crippen molar-refractivity contribution in [3.8, 4) is 12.3 Å². The van der Waals surface area contributed by atoms with E-state index in [1.807, 2.05) is 6.92 Å². The highest BCUT2D eigenvalue weighted by Crippen LogP contribution is 2.39. The van der Waals surface area contributed by atoms with E-state index in [4.69, 9.17) is 28.5 Å². The number of terminal acetylenes is 1. The molecule has 1 aromatic carbocycles. The Bertz CT molecular complexity index is 1540. The van der Waals surface area contributed by atoms with Gasteiger partial charge in [0.2, 0.25) is 0 Å². The van der Waals surface area contributed by atoms with Crippen LogP contribution < -0.4 is 10.6 Å². The lowest BCUT2D eigenvalue weighted by Crippen LogP contribution is -2.31. The van der Waals surface area contributed by atoms with Crippen molar-refractivity contribution in [2.75, 3.05) is 10.6 Å². The molecule has 0 saturated heterocycles. The summed E-state index contributed by atoms with van der Waals surface area (Å²) in [7, 11) is 1.72. The van der Waals surface area contributed by atoms with Crippen LogP contribution in [0.1, 0.15) is 45.8 Å². The van der Waals surface area contributed by atoms with E-state index in [2.05, 4.69) is 21.0 Å². The Kier molecular flexibility index (Phi) is 5.63. The smallest absolute Gasteiger partial charge is 0.260 e. The standard InChI is InChI=1S/C25H20ClFN6O2/c1-4-14-5-20(27)22(29-8-14)11-33(15-9-30-32(3)10-15)25(34)17-6-16-18-12-35-13(2)23(18)24(28)31-21(16)7-19(17)26/h1,5-10,13H,11-12H2,2-3H3,(H2,28,31). The Morgan fingerprint density at radius 2 is 2.20 bits per heavy atom. The van der Waals surface area contributed by atoms with Gasteiger partial charge in [-0.1, -0.05) is 17.5 Å². The zero-order valence-electron chi connectivity index (χ0n) is 18.9. The van der Waals surface area contributed by atoms with Crippen LogP contribution >= 0.6 is 11.6 Å². The minimum Gasteiger partial charge on any atom is -0.383 e. The number of rotatable bonds is 4. The molecular formula is C25H20ClFN6O2. The fraction of sp³-hybridized carbons (Fsp3) is 0.200. The van der Waals surface area contributed by atoms with Gasteiger partial charge in [-0.25, -0.2) is 9.37 Å². The number of amides is 1. The van der Waals surface area contributed by atoms with Gasteiger partial charge in [0.15, 0.2) is 0 Å². The van der Waals surface area contributed by atoms with Crippen LogP contribution in [0.4, 0.5) is 15.9 Å². The third-order valence-electron chi connectivity index (χ3n) is 6.01. The first-order chi connectivity index (χ1) is 16.8. The average molecular weight is 491 g/mol. The summed E-state index contributed by atoms with van der Waals surface area (Å²) in [6, 6.07) is 4.49. The van der Waals surface area contributed by atoms with Crippen LogP contribution in [0, 0.1) is 18.2 Å². The number of fused-ring (bicyclic) bond motifs is 3. The molecule has 1 unspecified atom stereocenters. The fourth-order valence-electron chi connectivity index (χ4n) is 4.24. The summed E-state index contributed by atoms with van der Waals surface area (Å²) >= 11 is 6.55. The van der Waals surface area contributed by atoms with E-state index >= 15 is 0 Å². The number of carbonyl (C=O) groups is 1. The lowest BCUT2D eigenvalue weighted by Gasteiger charge is -2.22. The number of carbonyl (C=O) groups excluding carboxylic acids is 1. The van der Waals surface area contributed by atoms with Crippen molar-refractivity contribution in [1.82, 2.24) is 19.7 Å². The number of aryl methyl sites for hydroxylation is 1. The highest BCUT2D eigenvalue weighted by Gasteiger charge is 2.28. The molecule has 3 aromatic heterocycles. The van der Waals surface area contributed by atoms with Crippen molar-refractivity contribution in [2.45, 2.75) is 26.2 Å². The second-order valence-electron chi connectivity index (χ2n) is 8.25. The van der Waals surface area contributed by atoms with Crippen molar-refractivity contribution in [1.29, 1.82) is 0 Å². The molecule has 10 heteroatoms. The predicted molar refractivity (Wildman–Crippen MR) is 130 cm³/mol. The number of ether oxygens (including phenoxy) is 1. The van der Waals surface area contributed by atoms with Gasteiger partial charge in [-0.15, -0.1) is 6.42 Å². The summed E-state index contributed by atoms with van der Waals surface area (Å²) in [4.78, 5) is 23.8. The number of anilines is 2. The number of halogens is 2. The average Bonchev–Trinajstić information content (AvgIpc) is 3.43. The Labute approximate surface area is 205 Å². The van der Waals surface area contributed by atoms with Crippen LogP contribution in [-0.4, -0.2) is 25.7 Å². The lowest BCUT2D eigenvalue weighted by molar-refractivity contribution is 0.0801. The van der Waals surface area contributed by atoms with Crippen LogP contribution in [0.5, 0.6) is 0 Å². The minimum atomic E-state index is -0.615. The molecule has 2 N–H and O–H groups in total. The van der Waals surface area contributed by atoms with Gasteiger partial charge in [-0.2, -0.15) is 5.10 Å². The number of nitrogen functional groups attached to an aromatic ring is 1. The van der Waals surface area contributed by atoms with E-state index in [9.17, 15) is 9.18 Å². The van der Waals surface area contributed by atoms with E-state index in [0.717, 1.165) is 16.5 Å². The quantitative estimate of drug-likeness (QED) is 0.431. The third kappa shape index (κ3) is 3.97. The SMILES string of the molecule is C#Cc1cnc(CN(C(=O)c2cc3c4c(c(N)nc3cc2Cl)C(C)OC4)c2cnn(C)c2)c(F)c1. The number of benzene rings is 1. The van der Waals surface area contributed by atoms with Gasteiger partial charge < -0.3 is 10.5 Å². The van der Waals surface area contributed by atoms with E-state index in [1.54, 1.807) is 30.1 Å². The second-order valence-corrected chi connectivity index (χ2v) is 8.66. The summed E-state index contributed by atoms with van der Waals surface area (Å²) in [5, 5.41) is 5.06. The maximum atomic E-state index is 14.7. The van der Waals surface area contributed by atoms with E-state index in [1.165, 1.54) is 23.4 Å². The molecule has 176 valence electrons. The molecule has 5 rings (SSSR count). The normalized spacial score (nSPS) is 14.7. The molecule has 4 aromatic rings. The highest BCUT2D eigenvalue weighted by molar-refractivity contribution is 6.35. The third-order valence-corrected chi connectivity index (χ3v) is 6.32. The Morgan fingerprint density at radius 3 is 2.89 bits per heavy atom. The van der Waals surface area contributed by atoms with Crippen LogP contribution in [0.25, 0.3) is 10.9 Å². The molecule has 8 nitrogen and oxygen atoms in total. The van der Waals surface area contributed by atoms with Crippen molar-refractivity contribution in [2.24, 2.45) is 7.05 Å². The van der Waals surface area contributed by atoms with Crippen molar-refractivity contribution >= 4 is 39.9 Å². The highest BCUT2D eigenvalue weighted by atomic mass is 35.5. The number of nitrogens with zero attached hydrogens (tertiary/aromatic N) is 5. The molecular weight excluding hydrogens is 471 g/mol. The molecule has 4 heterocycles. The molecule has 1 atom stereocenters. The molecule has 0 aliphatic carbocycles. The maximum absolute atomic E-state index is 14.7. The largest absolute Gasteiger partial charge is 0.383 e. The maximum Gasteiger partial charge on any atom is 0.260 e. The Morgan fingerprint density at radius 1 is 1.40 bits per heavy atom. The summed E-state index contributed by atoms with van der Waals surface area (Å²) in [6.45, 7) is 2.08. The van der Waals surface area contributed by atoms with Gasteiger partial charge in [-0.05, 0) is 30.7 Å². The van der Waals surface area contributed by atoms with Crippen LogP contribution in [0.15, 0.2) is 36.8 Å². The summed E-state index contributed by atoms with van der Waals surface area (Å²) in [5.74, 6) is 1.65. The van der Waals surface area contributed by atoms with Crippen molar-refractivity contribution in [3.63, 3.8) is 0 Å². The molecule has 0 fully saturated rings. The van der Waals surface area contributed by atoms with E-state index in [0.29, 0.717) is 29.2 Å². The van der Waals surface area contributed by atoms with Crippen LogP contribution in [-0.2, 0) is 24.9 Å². The monoisotopic (exact) mass is 490 g/mol. The second kappa shape index (κ2) is 8.65. The first-order valence-electron chi connectivity index (χ1n) is 10.7. The molecule has 1 aliphatic rings. The summed E-state index contributed by atoms with van der Waals surface area (Å²) in [5.41, 5.74) is 9.42. The minimum absolute atomic E-state index is 0.0515. The first-order valence-corrected chi connectivity index (χ1v) is 11.1. The van der Waals surface area contributed by atoms with Crippen LogP contribution in [0.2, 0.25) is 5.02 Å². The number of hydrogen-bond donors (Lipinski definition) is 1. The molecule has 0 bridgehead atoms. The number of pyridine rings is 2. The van der Waals surface area contributed by atoms with Gasteiger partial charge in [0, 0.05) is 36.0 Å². The molecule has 0 radical (unpaired) electrons. The number of aromatic nitrogens is 4. The summed E-state index contributed by atoms with van der Waals surface area (Å²) < 4.78 is 22.0. The number of hydrogen-bond acceptors (Lipinski definition) is 6. The number of nitrogens with two attached hydrogens (primary N) is 1. The zero-order chi connectivity index (χ0) is 24.9. The van der Waals surface area contributed by atoms with Gasteiger partial charge in [0.25, 0.3) is 5.91 Å². The van der Waals surface area contributed by atoms with Gasteiger partial charge in [-0.3, -0.25) is 19.4 Å². The van der Waals surface area contributed by atoms with Crippen LogP contribution in [0.3, 0.4) is 0 Å². The van der Waals surface area contributed by atoms with Gasteiger partial charge in [0.1, 0.15) is 11.6 Å². The van der Waals surface area contributed by atoms with Gasteiger partial charge in [0.05, 0.1) is 52.9 Å². The molecule has 1 amide bonds. The van der Waals surface area contributed by atoms with Crippen molar-refractivity contribution in [3.05, 3.63) is 75.6 Å². The Balaban J connectivity index is 1.62. The first kappa shape index (κ1) is 22.8. The summed E-state index contributed by atoms with van der Waals surface area (Å²) in [6.07, 6.45) is 9.67. The van der Waals surface area contributed by atoms with E-state index in [-0.39, 0.29) is 28.9 Å². The molecule has 0 spiro atoms. The zero-order valence-corrected chi connectivity index (χ0v) is 19.7. The molecule has 0 saturated carbocycles. The predicted octanol–water partition coefficient (Wildman–Crippen LogP) is 4.16. The van der Waals surface area contributed by atoms with Crippen molar-refractivity contribution < 1.29 is 13.9 Å². The Hall–Kier alpha value is -4.00. The molecule has 35 heavy (non-hydrogen) atoms. The fourth-order valence-corrected chi connectivity index (χ4v) is 4.47. The topological polar surface area (TPSA) is 99.2 Å².